The second kappa shape index (κ2) is 8.97. The molecule has 172 valence electrons. The number of nitrogens with one attached hydrogen (secondary N) is 2. The van der Waals surface area contributed by atoms with Gasteiger partial charge < -0.3 is 15.7 Å². The van der Waals surface area contributed by atoms with Crippen LogP contribution in [0.25, 0.3) is 0 Å². The summed E-state index contributed by atoms with van der Waals surface area (Å²) in [5, 5.41) is 18.8. The van der Waals surface area contributed by atoms with E-state index in [9.17, 15) is 13.5 Å². The number of sulfonamides is 1. The predicted molar refractivity (Wildman–Crippen MR) is 129 cm³/mol. The van der Waals surface area contributed by atoms with Crippen molar-refractivity contribution in [2.75, 3.05) is 23.7 Å². The third kappa shape index (κ3) is 4.61. The number of hydrogen-bond donors (Lipinski definition) is 3. The molecule has 0 spiro atoms. The van der Waals surface area contributed by atoms with Crippen molar-refractivity contribution in [2.24, 2.45) is 5.41 Å². The molecule has 0 unspecified atom stereocenters. The largest absolute Gasteiger partial charge is 0.504 e. The van der Waals surface area contributed by atoms with Crippen LogP contribution in [0.15, 0.2) is 39.9 Å². The zero-order valence-electron chi connectivity index (χ0n) is 18.2. The van der Waals surface area contributed by atoms with Crippen LogP contribution in [0.4, 0.5) is 17.3 Å². The van der Waals surface area contributed by atoms with E-state index < -0.39 is 10.0 Å². The first kappa shape index (κ1) is 23.0. The van der Waals surface area contributed by atoms with Crippen LogP contribution in [-0.4, -0.2) is 39.7 Å². The number of rotatable bonds is 7. The Morgan fingerprint density at radius 3 is 2.41 bits per heavy atom. The van der Waals surface area contributed by atoms with E-state index in [-0.39, 0.29) is 21.4 Å². The molecule has 1 saturated heterocycles. The maximum atomic E-state index is 12.9. The first-order valence-electron chi connectivity index (χ1n) is 10.4. The van der Waals surface area contributed by atoms with Gasteiger partial charge in [0.25, 0.3) is 10.0 Å². The summed E-state index contributed by atoms with van der Waals surface area (Å²) < 4.78 is 35.8. The van der Waals surface area contributed by atoms with Crippen molar-refractivity contribution < 1.29 is 13.5 Å². The van der Waals surface area contributed by atoms with Crippen LogP contribution in [0, 0.1) is 5.41 Å². The Morgan fingerprint density at radius 1 is 1.09 bits per heavy atom. The van der Waals surface area contributed by atoms with Crippen molar-refractivity contribution >= 4 is 50.4 Å². The lowest BCUT2D eigenvalue weighted by Crippen LogP contribution is -2.27. The quantitative estimate of drug-likeness (QED) is 0.423. The minimum Gasteiger partial charge on any atom is -0.504 e. The molecule has 3 N–H and O–H groups in total. The maximum Gasteiger partial charge on any atom is 0.256 e. The van der Waals surface area contributed by atoms with Crippen LogP contribution in [-0.2, 0) is 10.0 Å². The summed E-state index contributed by atoms with van der Waals surface area (Å²) in [5.74, 6) is 0.711. The van der Waals surface area contributed by atoms with Gasteiger partial charge in [0.2, 0.25) is 0 Å². The number of nitrogens with zero attached hydrogens (tertiary/aromatic N) is 3. The molecule has 0 bridgehead atoms. The van der Waals surface area contributed by atoms with Crippen molar-refractivity contribution in [3.8, 4) is 5.75 Å². The summed E-state index contributed by atoms with van der Waals surface area (Å²) in [6.07, 6.45) is 1.68. The molecule has 4 rings (SSSR count). The molecule has 0 amide bonds. The zero-order valence-corrected chi connectivity index (χ0v) is 20.6. The highest BCUT2D eigenvalue weighted by molar-refractivity contribution is 7.91. The standard InChI is InChI=1S/C21H27N5O3S3/c1-21(2,3)17(14-9-5-4-6-10-14)23-19-18(24-31-25-19)22-15-13-30-20(16(15)27)32(28,29)26-11-7-8-12-26/h4-6,9-10,13,17,27H,7-8,11-12H2,1-3H3,(H,22,24)(H,23,25)/t17-/m0/s1. The van der Waals surface area contributed by atoms with Crippen molar-refractivity contribution in [1.82, 2.24) is 13.1 Å². The van der Waals surface area contributed by atoms with Gasteiger partial charge in [-0.3, -0.25) is 0 Å². The number of hydrogen-bond acceptors (Lipinski definition) is 9. The van der Waals surface area contributed by atoms with Gasteiger partial charge in [0, 0.05) is 18.5 Å². The van der Waals surface area contributed by atoms with Crippen molar-refractivity contribution in [3.63, 3.8) is 0 Å². The minimum absolute atomic E-state index is 0.0321. The minimum atomic E-state index is -3.70. The van der Waals surface area contributed by atoms with E-state index in [2.05, 4.69) is 52.3 Å². The van der Waals surface area contributed by atoms with Crippen molar-refractivity contribution in [2.45, 2.75) is 43.9 Å². The fraction of sp³-hybridized carbons (Fsp3) is 0.429. The van der Waals surface area contributed by atoms with E-state index >= 15 is 0 Å². The molecule has 0 aliphatic carbocycles. The van der Waals surface area contributed by atoms with Crippen LogP contribution >= 0.6 is 23.1 Å². The number of aromatic nitrogens is 2. The Labute approximate surface area is 196 Å². The summed E-state index contributed by atoms with van der Waals surface area (Å²) in [7, 11) is -3.70. The van der Waals surface area contributed by atoms with Gasteiger partial charge in [-0.2, -0.15) is 13.1 Å². The van der Waals surface area contributed by atoms with Gasteiger partial charge in [-0.1, -0.05) is 51.1 Å². The van der Waals surface area contributed by atoms with Gasteiger partial charge in [0.05, 0.1) is 23.5 Å². The van der Waals surface area contributed by atoms with E-state index in [4.69, 9.17) is 0 Å². The normalized spacial score (nSPS) is 16.2. The topological polar surface area (TPSA) is 107 Å². The summed E-state index contributed by atoms with van der Waals surface area (Å²) >= 11 is 2.05. The molecule has 3 aromatic rings. The van der Waals surface area contributed by atoms with Crippen molar-refractivity contribution in [1.29, 1.82) is 0 Å². The number of aromatic hydroxyl groups is 1. The third-order valence-electron chi connectivity index (χ3n) is 5.39. The fourth-order valence-electron chi connectivity index (χ4n) is 3.73. The van der Waals surface area contributed by atoms with Gasteiger partial charge in [0.1, 0.15) is 0 Å². The summed E-state index contributed by atoms with van der Waals surface area (Å²) in [6, 6.07) is 10.1. The third-order valence-corrected chi connectivity index (χ3v) is 9.31. The number of benzene rings is 1. The van der Waals surface area contributed by atoms with E-state index in [0.29, 0.717) is 30.4 Å². The maximum absolute atomic E-state index is 12.9. The van der Waals surface area contributed by atoms with Gasteiger partial charge in [-0.05, 0) is 23.8 Å². The fourth-order valence-corrected chi connectivity index (χ4v) is 7.09. The first-order valence-corrected chi connectivity index (χ1v) is 13.4. The van der Waals surface area contributed by atoms with E-state index in [1.807, 2.05) is 18.2 Å². The molecule has 1 aliphatic rings. The van der Waals surface area contributed by atoms with Gasteiger partial charge in [0.15, 0.2) is 21.6 Å². The molecule has 1 aromatic carbocycles. The Balaban J connectivity index is 1.58. The lowest BCUT2D eigenvalue weighted by molar-refractivity contribution is 0.347. The summed E-state index contributed by atoms with van der Waals surface area (Å²) in [4.78, 5) is 0. The van der Waals surface area contributed by atoms with Gasteiger partial charge in [-0.25, -0.2) is 8.42 Å². The number of thiophene rings is 1. The molecule has 8 nitrogen and oxygen atoms in total. The molecule has 11 heteroatoms. The molecular weight excluding hydrogens is 466 g/mol. The molecule has 1 atom stereocenters. The second-order valence-corrected chi connectivity index (χ2v) is 12.4. The average Bonchev–Trinajstić information content (AvgIpc) is 3.49. The Morgan fingerprint density at radius 2 is 1.75 bits per heavy atom. The highest BCUT2D eigenvalue weighted by Crippen LogP contribution is 2.43. The first-order chi connectivity index (χ1) is 15.2. The lowest BCUT2D eigenvalue weighted by atomic mass is 9.82. The molecule has 0 saturated carbocycles. The Hall–Kier alpha value is -2.21. The van der Waals surface area contributed by atoms with Crippen LogP contribution in [0.1, 0.15) is 45.2 Å². The van der Waals surface area contributed by atoms with E-state index in [0.717, 1.165) is 41.5 Å². The lowest BCUT2D eigenvalue weighted by Gasteiger charge is -2.32. The molecule has 0 radical (unpaired) electrons. The Kier molecular flexibility index (Phi) is 6.44. The molecule has 2 aromatic heterocycles. The average molecular weight is 494 g/mol. The second-order valence-electron chi connectivity index (χ2n) is 8.84. The van der Waals surface area contributed by atoms with Crippen molar-refractivity contribution in [3.05, 3.63) is 41.3 Å². The SMILES string of the molecule is CC(C)(C)[C@@H](Nc1nsnc1Nc1csc(S(=O)(=O)N2CCCC2)c1O)c1ccccc1. The smallest absolute Gasteiger partial charge is 0.256 e. The molecule has 1 aliphatic heterocycles. The molecule has 1 fully saturated rings. The monoisotopic (exact) mass is 493 g/mol. The summed E-state index contributed by atoms with van der Waals surface area (Å²) in [5.41, 5.74) is 1.32. The Bertz CT molecular complexity index is 1160. The van der Waals surface area contributed by atoms with Crippen LogP contribution < -0.4 is 10.6 Å². The van der Waals surface area contributed by atoms with Gasteiger partial charge in [-0.15, -0.1) is 11.3 Å². The van der Waals surface area contributed by atoms with E-state index in [1.165, 1.54) is 4.31 Å². The predicted octanol–water partition coefficient (Wildman–Crippen LogP) is 5.03. The highest BCUT2D eigenvalue weighted by atomic mass is 32.2. The molecular formula is C21H27N5O3S3. The van der Waals surface area contributed by atoms with E-state index in [1.54, 1.807) is 5.38 Å². The van der Waals surface area contributed by atoms with Crippen LogP contribution in [0.3, 0.4) is 0 Å². The zero-order chi connectivity index (χ0) is 22.9. The summed E-state index contributed by atoms with van der Waals surface area (Å²) in [6.45, 7) is 7.40. The number of anilines is 3. The highest BCUT2D eigenvalue weighted by Gasteiger charge is 2.33. The molecule has 3 heterocycles. The van der Waals surface area contributed by atoms with Crippen LogP contribution in [0.2, 0.25) is 0 Å². The molecule has 32 heavy (non-hydrogen) atoms. The van der Waals surface area contributed by atoms with Gasteiger partial charge >= 0.3 is 0 Å². The van der Waals surface area contributed by atoms with Crippen LogP contribution in [0.5, 0.6) is 5.75 Å².